The van der Waals surface area contributed by atoms with E-state index in [1.807, 2.05) is 0 Å². The van der Waals surface area contributed by atoms with E-state index >= 15 is 0 Å². The van der Waals surface area contributed by atoms with Gasteiger partial charge in [0.25, 0.3) is 5.91 Å². The highest BCUT2D eigenvalue weighted by Crippen LogP contribution is 2.11. The fourth-order valence-electron chi connectivity index (χ4n) is 1.23. The maximum Gasteiger partial charge on any atom is 0.253 e. The highest BCUT2D eigenvalue weighted by atomic mass is 16.5. The second-order valence-electron chi connectivity index (χ2n) is 3.24. The largest absolute Gasteiger partial charge is 0.395 e. The van der Waals surface area contributed by atoms with Gasteiger partial charge in [0.15, 0.2) is 5.60 Å². The number of amides is 1. The van der Waals surface area contributed by atoms with Crippen LogP contribution in [0.2, 0.25) is 0 Å². The van der Waals surface area contributed by atoms with Gasteiger partial charge in [-0.15, -0.1) is 0 Å². The second-order valence-corrected chi connectivity index (χ2v) is 3.24. The van der Waals surface area contributed by atoms with Crippen LogP contribution in [-0.2, 0) is 9.53 Å². The molecule has 0 aromatic heterocycles. The third-order valence-corrected chi connectivity index (χ3v) is 2.04. The number of hydrogen-bond acceptors (Lipinski definition) is 4. The molecule has 1 unspecified atom stereocenters. The average molecular weight is 188 g/mol. The first-order chi connectivity index (χ1) is 6.19. The summed E-state index contributed by atoms with van der Waals surface area (Å²) in [7, 11) is 0. The summed E-state index contributed by atoms with van der Waals surface area (Å²) in [6.07, 6.45) is 0. The highest BCUT2D eigenvalue weighted by Gasteiger charge is 2.35. The van der Waals surface area contributed by atoms with E-state index in [9.17, 15) is 4.79 Å². The molecule has 0 bridgehead atoms. The van der Waals surface area contributed by atoms with Crippen LogP contribution < -0.4 is 10.6 Å². The molecule has 1 heterocycles. The Balaban J connectivity index is 2.42. The van der Waals surface area contributed by atoms with Crippen LogP contribution in [-0.4, -0.2) is 49.5 Å². The smallest absolute Gasteiger partial charge is 0.253 e. The molecule has 1 fully saturated rings. The predicted octanol–water partition coefficient (Wildman–Crippen LogP) is -1.53. The van der Waals surface area contributed by atoms with Crippen LogP contribution in [0.1, 0.15) is 6.92 Å². The molecule has 3 N–H and O–H groups in total. The van der Waals surface area contributed by atoms with Gasteiger partial charge in [0, 0.05) is 19.6 Å². The SMILES string of the molecule is CC1(C(=O)NCCO)CNCCO1. The lowest BCUT2D eigenvalue weighted by molar-refractivity contribution is -0.147. The van der Waals surface area contributed by atoms with Gasteiger partial charge in [0.1, 0.15) is 0 Å². The van der Waals surface area contributed by atoms with Gasteiger partial charge in [-0.05, 0) is 6.92 Å². The van der Waals surface area contributed by atoms with Crippen molar-refractivity contribution in [1.29, 1.82) is 0 Å². The van der Waals surface area contributed by atoms with Crippen LogP contribution in [0.5, 0.6) is 0 Å². The van der Waals surface area contributed by atoms with E-state index in [2.05, 4.69) is 10.6 Å². The van der Waals surface area contributed by atoms with Gasteiger partial charge in [-0.3, -0.25) is 4.79 Å². The van der Waals surface area contributed by atoms with Gasteiger partial charge in [0.2, 0.25) is 0 Å². The van der Waals surface area contributed by atoms with Gasteiger partial charge < -0.3 is 20.5 Å². The highest BCUT2D eigenvalue weighted by molar-refractivity contribution is 5.85. The summed E-state index contributed by atoms with van der Waals surface area (Å²) in [6.45, 7) is 3.81. The van der Waals surface area contributed by atoms with Crippen molar-refractivity contribution >= 4 is 5.91 Å². The molecule has 0 saturated carbocycles. The zero-order chi connectivity index (χ0) is 9.73. The molecule has 1 amide bonds. The Morgan fingerprint density at radius 3 is 3.08 bits per heavy atom. The lowest BCUT2D eigenvalue weighted by Crippen LogP contribution is -2.57. The van der Waals surface area contributed by atoms with Gasteiger partial charge in [-0.1, -0.05) is 0 Å². The third-order valence-electron chi connectivity index (χ3n) is 2.04. The van der Waals surface area contributed by atoms with Gasteiger partial charge in [-0.25, -0.2) is 0 Å². The zero-order valence-corrected chi connectivity index (χ0v) is 7.80. The summed E-state index contributed by atoms with van der Waals surface area (Å²) in [6, 6.07) is 0. The number of aliphatic hydroxyl groups excluding tert-OH is 1. The molecule has 1 rings (SSSR count). The first-order valence-electron chi connectivity index (χ1n) is 4.43. The van der Waals surface area contributed by atoms with Crippen molar-refractivity contribution in [2.45, 2.75) is 12.5 Å². The number of rotatable bonds is 3. The van der Waals surface area contributed by atoms with Crippen molar-refractivity contribution in [3.8, 4) is 0 Å². The van der Waals surface area contributed by atoms with E-state index in [1.54, 1.807) is 6.92 Å². The van der Waals surface area contributed by atoms with E-state index in [1.165, 1.54) is 0 Å². The van der Waals surface area contributed by atoms with Gasteiger partial charge >= 0.3 is 0 Å². The summed E-state index contributed by atoms with van der Waals surface area (Å²) in [5.74, 6) is -0.172. The molecule has 1 aliphatic rings. The van der Waals surface area contributed by atoms with Crippen LogP contribution in [0.25, 0.3) is 0 Å². The monoisotopic (exact) mass is 188 g/mol. The minimum Gasteiger partial charge on any atom is -0.395 e. The van der Waals surface area contributed by atoms with Crippen molar-refractivity contribution in [1.82, 2.24) is 10.6 Å². The molecule has 0 spiro atoms. The van der Waals surface area contributed by atoms with E-state index in [-0.39, 0.29) is 19.1 Å². The Kier molecular flexibility index (Phi) is 3.65. The van der Waals surface area contributed by atoms with Crippen LogP contribution in [0.4, 0.5) is 0 Å². The molecule has 13 heavy (non-hydrogen) atoms. The summed E-state index contributed by atoms with van der Waals surface area (Å²) in [5.41, 5.74) is -0.784. The minimum atomic E-state index is -0.784. The predicted molar refractivity (Wildman–Crippen MR) is 47.3 cm³/mol. The zero-order valence-electron chi connectivity index (χ0n) is 7.80. The van der Waals surface area contributed by atoms with E-state index < -0.39 is 5.60 Å². The fourth-order valence-corrected chi connectivity index (χ4v) is 1.23. The number of carbonyl (C=O) groups excluding carboxylic acids is 1. The molecule has 76 valence electrons. The Hall–Kier alpha value is -0.650. The number of hydrogen-bond donors (Lipinski definition) is 3. The Morgan fingerprint density at radius 1 is 1.77 bits per heavy atom. The number of aliphatic hydroxyl groups is 1. The summed E-state index contributed by atoms with van der Waals surface area (Å²) < 4.78 is 5.37. The average Bonchev–Trinajstić information content (AvgIpc) is 2.15. The molecule has 0 aliphatic carbocycles. The first kappa shape index (κ1) is 10.4. The molecule has 0 aromatic carbocycles. The molecular formula is C8H16N2O3. The van der Waals surface area contributed by atoms with Crippen molar-refractivity contribution in [2.24, 2.45) is 0 Å². The number of carbonyl (C=O) groups is 1. The number of morpholine rings is 1. The molecule has 5 heteroatoms. The summed E-state index contributed by atoms with van der Waals surface area (Å²) >= 11 is 0. The molecule has 5 nitrogen and oxygen atoms in total. The Morgan fingerprint density at radius 2 is 2.54 bits per heavy atom. The first-order valence-corrected chi connectivity index (χ1v) is 4.43. The maximum atomic E-state index is 11.5. The summed E-state index contributed by atoms with van der Waals surface area (Å²) in [4.78, 5) is 11.5. The molecule has 1 atom stereocenters. The standard InChI is InChI=1S/C8H16N2O3/c1-8(6-9-3-5-13-8)7(12)10-2-4-11/h9,11H,2-6H2,1H3,(H,10,12). The summed E-state index contributed by atoms with van der Waals surface area (Å²) in [5, 5.41) is 14.2. The van der Waals surface area contributed by atoms with E-state index in [4.69, 9.17) is 9.84 Å². The Bertz CT molecular complexity index is 178. The lowest BCUT2D eigenvalue weighted by atomic mass is 10.0. The molecule has 1 aliphatic heterocycles. The van der Waals surface area contributed by atoms with E-state index in [0.29, 0.717) is 13.2 Å². The number of nitrogens with one attached hydrogen (secondary N) is 2. The normalized spacial score (nSPS) is 28.5. The maximum absolute atomic E-state index is 11.5. The fraction of sp³-hybridized carbons (Fsp3) is 0.875. The van der Waals surface area contributed by atoms with Crippen molar-refractivity contribution < 1.29 is 14.6 Å². The van der Waals surface area contributed by atoms with E-state index in [0.717, 1.165) is 6.54 Å². The van der Waals surface area contributed by atoms with Crippen molar-refractivity contribution in [3.05, 3.63) is 0 Å². The molecule has 0 radical (unpaired) electrons. The lowest BCUT2D eigenvalue weighted by Gasteiger charge is -2.32. The molecular weight excluding hydrogens is 172 g/mol. The second kappa shape index (κ2) is 4.55. The van der Waals surface area contributed by atoms with Crippen molar-refractivity contribution in [2.75, 3.05) is 32.8 Å². The van der Waals surface area contributed by atoms with Crippen LogP contribution >= 0.6 is 0 Å². The molecule has 0 aromatic rings. The van der Waals surface area contributed by atoms with Crippen molar-refractivity contribution in [3.63, 3.8) is 0 Å². The van der Waals surface area contributed by atoms with Gasteiger partial charge in [-0.2, -0.15) is 0 Å². The quantitative estimate of drug-likeness (QED) is 0.503. The third kappa shape index (κ3) is 2.65. The Labute approximate surface area is 77.5 Å². The molecule has 1 saturated heterocycles. The van der Waals surface area contributed by atoms with Crippen LogP contribution in [0, 0.1) is 0 Å². The van der Waals surface area contributed by atoms with Crippen LogP contribution in [0.15, 0.2) is 0 Å². The number of ether oxygens (including phenoxy) is 1. The van der Waals surface area contributed by atoms with Crippen LogP contribution in [0.3, 0.4) is 0 Å². The van der Waals surface area contributed by atoms with Gasteiger partial charge in [0.05, 0.1) is 13.2 Å². The minimum absolute atomic E-state index is 0.0464. The topological polar surface area (TPSA) is 70.6 Å².